The Balaban J connectivity index is 1.88. The normalized spacial score (nSPS) is 14.4. The highest BCUT2D eigenvalue weighted by molar-refractivity contribution is 5.92. The molecule has 0 bridgehead atoms. The molecule has 1 fully saturated rings. The smallest absolute Gasteiger partial charge is 0.395 e. The molecular formula is C16H13F3N2O4. The van der Waals surface area contributed by atoms with Gasteiger partial charge in [0.1, 0.15) is 4.92 Å². The molecular weight excluding hydrogens is 341 g/mol. The van der Waals surface area contributed by atoms with E-state index >= 15 is 0 Å². The number of hydrogen-bond acceptors (Lipinski definition) is 4. The van der Waals surface area contributed by atoms with Crippen molar-refractivity contribution in [1.29, 1.82) is 0 Å². The van der Waals surface area contributed by atoms with Crippen molar-refractivity contribution in [2.24, 2.45) is 0 Å². The van der Waals surface area contributed by atoms with Crippen molar-refractivity contribution in [3.63, 3.8) is 0 Å². The molecule has 1 aliphatic carbocycles. The zero-order valence-corrected chi connectivity index (χ0v) is 12.8. The van der Waals surface area contributed by atoms with Gasteiger partial charge >= 0.3 is 12.1 Å². The highest BCUT2D eigenvalue weighted by atomic mass is 19.4. The van der Waals surface area contributed by atoms with E-state index < -0.39 is 28.5 Å². The molecule has 0 radical (unpaired) electrons. The lowest BCUT2D eigenvalue weighted by Gasteiger charge is -2.23. The average molecular weight is 354 g/mol. The molecule has 1 aliphatic rings. The van der Waals surface area contributed by atoms with Crippen LogP contribution in [0.5, 0.6) is 0 Å². The molecule has 0 N–H and O–H groups in total. The lowest BCUT2D eigenvalue weighted by Crippen LogP contribution is -2.33. The van der Waals surface area contributed by atoms with Crippen molar-refractivity contribution in [2.45, 2.75) is 31.6 Å². The average Bonchev–Trinajstić information content (AvgIpc) is 3.26. The van der Waals surface area contributed by atoms with E-state index in [0.717, 1.165) is 18.2 Å². The Bertz CT molecular complexity index is 812. The number of halogens is 3. The summed E-state index contributed by atoms with van der Waals surface area (Å²) in [5, 5.41) is 10.7. The first-order valence-electron chi connectivity index (χ1n) is 7.47. The van der Waals surface area contributed by atoms with Crippen LogP contribution >= 0.6 is 0 Å². The Hall–Kier alpha value is -2.84. The Morgan fingerprint density at radius 3 is 2.48 bits per heavy atom. The van der Waals surface area contributed by atoms with Gasteiger partial charge in [0.2, 0.25) is 0 Å². The van der Waals surface area contributed by atoms with Crippen molar-refractivity contribution >= 4 is 11.8 Å². The van der Waals surface area contributed by atoms with Gasteiger partial charge in [0, 0.05) is 12.6 Å². The summed E-state index contributed by atoms with van der Waals surface area (Å²) in [6.45, 7) is -0.242. The molecule has 2 aromatic rings. The predicted octanol–water partition coefficient (Wildman–Crippen LogP) is 4.01. The Labute approximate surface area is 140 Å². The number of furan rings is 1. The highest BCUT2D eigenvalue weighted by Gasteiger charge is 2.38. The Morgan fingerprint density at radius 1 is 1.24 bits per heavy atom. The van der Waals surface area contributed by atoms with Crippen LogP contribution in [-0.2, 0) is 12.7 Å². The van der Waals surface area contributed by atoms with E-state index in [0.29, 0.717) is 12.8 Å². The van der Waals surface area contributed by atoms with Crippen LogP contribution in [0.1, 0.15) is 34.5 Å². The number of rotatable bonds is 5. The number of amides is 1. The fraction of sp³-hybridized carbons (Fsp3) is 0.312. The second-order valence-electron chi connectivity index (χ2n) is 5.71. The maximum atomic E-state index is 13.1. The Morgan fingerprint density at radius 2 is 1.92 bits per heavy atom. The van der Waals surface area contributed by atoms with E-state index in [9.17, 15) is 28.1 Å². The van der Waals surface area contributed by atoms with Gasteiger partial charge in [0.15, 0.2) is 5.76 Å². The summed E-state index contributed by atoms with van der Waals surface area (Å²) in [5.74, 6) is -1.51. The molecule has 132 valence electrons. The van der Waals surface area contributed by atoms with E-state index in [2.05, 4.69) is 0 Å². The van der Waals surface area contributed by atoms with Gasteiger partial charge < -0.3 is 9.32 Å². The second-order valence-corrected chi connectivity index (χ2v) is 5.71. The third kappa shape index (κ3) is 3.65. The third-order valence-corrected chi connectivity index (χ3v) is 3.89. The van der Waals surface area contributed by atoms with Crippen LogP contribution in [0.15, 0.2) is 40.8 Å². The van der Waals surface area contributed by atoms with Gasteiger partial charge in [-0.3, -0.25) is 14.9 Å². The topological polar surface area (TPSA) is 76.6 Å². The van der Waals surface area contributed by atoms with Crippen LogP contribution in [0.2, 0.25) is 0 Å². The molecule has 1 heterocycles. The van der Waals surface area contributed by atoms with Gasteiger partial charge in [-0.25, -0.2) is 0 Å². The number of hydrogen-bond donors (Lipinski definition) is 0. The fourth-order valence-corrected chi connectivity index (χ4v) is 2.55. The highest BCUT2D eigenvalue weighted by Crippen LogP contribution is 2.35. The minimum absolute atomic E-state index is 0.0312. The molecule has 0 unspecified atom stereocenters. The predicted molar refractivity (Wildman–Crippen MR) is 79.7 cm³/mol. The maximum absolute atomic E-state index is 13.1. The molecule has 0 atom stereocenters. The van der Waals surface area contributed by atoms with Crippen molar-refractivity contribution in [2.75, 3.05) is 0 Å². The van der Waals surface area contributed by atoms with Crippen LogP contribution in [-0.4, -0.2) is 21.8 Å². The quantitative estimate of drug-likeness (QED) is 0.600. The zero-order valence-electron chi connectivity index (χ0n) is 12.8. The van der Waals surface area contributed by atoms with E-state index in [4.69, 9.17) is 4.42 Å². The summed E-state index contributed by atoms with van der Waals surface area (Å²) >= 11 is 0. The van der Waals surface area contributed by atoms with Crippen LogP contribution in [0, 0.1) is 10.1 Å². The SMILES string of the molecule is O=C(c1ccc([N+](=O)[O-])o1)N(Cc1ccccc1C(F)(F)F)C1CC1. The van der Waals surface area contributed by atoms with E-state index in [-0.39, 0.29) is 23.9 Å². The first-order valence-corrected chi connectivity index (χ1v) is 7.47. The first-order chi connectivity index (χ1) is 11.8. The number of carbonyl (C=O) groups is 1. The summed E-state index contributed by atoms with van der Waals surface area (Å²) in [7, 11) is 0. The number of nitro groups is 1. The van der Waals surface area contributed by atoms with Crippen molar-refractivity contribution in [3.05, 3.63) is 63.4 Å². The number of carbonyl (C=O) groups excluding carboxylic acids is 1. The van der Waals surface area contributed by atoms with Gasteiger partial charge in [0.05, 0.1) is 11.6 Å². The minimum atomic E-state index is -4.53. The van der Waals surface area contributed by atoms with Gasteiger partial charge in [0.25, 0.3) is 5.91 Å². The third-order valence-electron chi connectivity index (χ3n) is 3.89. The summed E-state index contributed by atoms with van der Waals surface area (Å²) in [6, 6.07) is 7.04. The van der Waals surface area contributed by atoms with Crippen LogP contribution < -0.4 is 0 Å². The van der Waals surface area contributed by atoms with Crippen molar-refractivity contribution in [1.82, 2.24) is 4.90 Å². The number of alkyl halides is 3. The molecule has 6 nitrogen and oxygen atoms in total. The fourth-order valence-electron chi connectivity index (χ4n) is 2.55. The molecule has 3 rings (SSSR count). The van der Waals surface area contributed by atoms with Crippen LogP contribution in [0.25, 0.3) is 0 Å². The van der Waals surface area contributed by atoms with Gasteiger partial charge in [-0.1, -0.05) is 18.2 Å². The van der Waals surface area contributed by atoms with Crippen molar-refractivity contribution < 1.29 is 27.3 Å². The summed E-state index contributed by atoms with van der Waals surface area (Å²) < 4.78 is 44.3. The molecule has 1 aromatic carbocycles. The number of nitrogens with zero attached hydrogens (tertiary/aromatic N) is 2. The van der Waals surface area contributed by atoms with Crippen LogP contribution in [0.3, 0.4) is 0 Å². The summed E-state index contributed by atoms with van der Waals surface area (Å²) in [4.78, 5) is 23.7. The molecule has 9 heteroatoms. The summed E-state index contributed by atoms with van der Waals surface area (Å²) in [6.07, 6.45) is -3.19. The van der Waals surface area contributed by atoms with Gasteiger partial charge in [-0.15, -0.1) is 0 Å². The lowest BCUT2D eigenvalue weighted by atomic mass is 10.1. The molecule has 0 spiro atoms. The second kappa shape index (κ2) is 6.23. The maximum Gasteiger partial charge on any atom is 0.433 e. The standard InChI is InChI=1S/C16H13F3N2O4/c17-16(18,19)12-4-2-1-3-10(12)9-20(11-5-6-11)15(22)13-7-8-14(25-13)21(23)24/h1-4,7-8,11H,5-6,9H2. The Kier molecular flexibility index (Phi) is 4.23. The molecule has 1 amide bonds. The van der Waals surface area contributed by atoms with Crippen molar-refractivity contribution in [3.8, 4) is 0 Å². The zero-order chi connectivity index (χ0) is 18.2. The van der Waals surface area contributed by atoms with E-state index in [1.54, 1.807) is 0 Å². The molecule has 1 aromatic heterocycles. The molecule has 25 heavy (non-hydrogen) atoms. The molecule has 0 aliphatic heterocycles. The minimum Gasteiger partial charge on any atom is -0.395 e. The van der Waals surface area contributed by atoms with Gasteiger partial charge in [-0.2, -0.15) is 13.2 Å². The number of benzene rings is 1. The van der Waals surface area contributed by atoms with E-state index in [1.807, 2.05) is 0 Å². The largest absolute Gasteiger partial charge is 0.433 e. The monoisotopic (exact) mass is 354 g/mol. The summed E-state index contributed by atoms with van der Waals surface area (Å²) in [5.41, 5.74) is -0.838. The molecule has 1 saturated carbocycles. The van der Waals surface area contributed by atoms with E-state index in [1.165, 1.54) is 23.1 Å². The van der Waals surface area contributed by atoms with Crippen LogP contribution in [0.4, 0.5) is 19.1 Å². The van der Waals surface area contributed by atoms with Gasteiger partial charge in [-0.05, 0) is 30.5 Å². The molecule has 0 saturated heterocycles. The first kappa shape index (κ1) is 17.0. The lowest BCUT2D eigenvalue weighted by molar-refractivity contribution is -0.402.